The fraction of sp³-hybridized carbons (Fsp3) is 1.00. The second-order valence-electron chi connectivity index (χ2n) is 1.37. The lowest BCUT2D eigenvalue weighted by Gasteiger charge is -2.08. The summed E-state index contributed by atoms with van der Waals surface area (Å²) in [6.07, 6.45) is 0.931. The van der Waals surface area contributed by atoms with E-state index in [0.717, 1.165) is 6.26 Å². The Balaban J connectivity index is 3.87. The van der Waals surface area contributed by atoms with E-state index < -0.39 is 18.7 Å². The molecule has 5 nitrogen and oxygen atoms in total. The molecule has 0 heterocycles. The Hall–Kier alpha value is 0.260. The molecule has 0 aromatic heterocycles. The Labute approximate surface area is 61.4 Å². The molecule has 0 bridgehead atoms. The van der Waals surface area contributed by atoms with E-state index in [-0.39, 0.29) is 0 Å². The topological polar surface area (TPSA) is 61.8 Å². The quantitative estimate of drug-likeness (QED) is 0.600. The fourth-order valence-electron chi connectivity index (χ4n) is 0.246. The van der Waals surface area contributed by atoms with Crippen molar-refractivity contribution >= 4 is 18.7 Å². The van der Waals surface area contributed by atoms with Gasteiger partial charge in [-0.25, -0.2) is 0 Å². The molecule has 0 aliphatic heterocycles. The van der Waals surface area contributed by atoms with Gasteiger partial charge in [0.05, 0.1) is 6.26 Å². The van der Waals surface area contributed by atoms with Crippen molar-refractivity contribution < 1.29 is 21.4 Å². The van der Waals surface area contributed by atoms with Crippen molar-refractivity contribution in [2.24, 2.45) is 0 Å². The number of hydrogen-bond acceptors (Lipinski definition) is 5. The molecule has 0 saturated heterocycles. The van der Waals surface area contributed by atoms with Crippen LogP contribution in [-0.4, -0.2) is 28.9 Å². The first-order valence-corrected chi connectivity index (χ1v) is 5.18. The third-order valence-electron chi connectivity index (χ3n) is 0.494. The molecule has 0 saturated carbocycles. The second kappa shape index (κ2) is 4.20. The van der Waals surface area contributed by atoms with E-state index in [1.165, 1.54) is 14.2 Å². The molecule has 0 atom stereocenters. The highest BCUT2D eigenvalue weighted by Gasteiger charge is 2.14. The van der Waals surface area contributed by atoms with Crippen molar-refractivity contribution in [3.63, 3.8) is 0 Å². The van der Waals surface area contributed by atoms with Crippen molar-refractivity contribution in [3.8, 4) is 0 Å². The lowest BCUT2D eigenvalue weighted by atomic mass is 11.8. The highest BCUT2D eigenvalue weighted by Crippen LogP contribution is 2.38. The van der Waals surface area contributed by atoms with Gasteiger partial charge in [0.15, 0.2) is 0 Å². The summed E-state index contributed by atoms with van der Waals surface area (Å²) in [5, 5.41) is 0. The van der Waals surface area contributed by atoms with Gasteiger partial charge < -0.3 is 9.05 Å². The van der Waals surface area contributed by atoms with Gasteiger partial charge in [-0.05, 0) is 0 Å². The normalized spacial score (nSPS) is 12.4. The van der Waals surface area contributed by atoms with Crippen LogP contribution in [0, 0.1) is 0 Å². The minimum atomic E-state index is -3.47. The third kappa shape index (κ3) is 5.08. The van der Waals surface area contributed by atoms with E-state index in [4.69, 9.17) is 0 Å². The third-order valence-corrected chi connectivity index (χ3v) is 2.66. The lowest BCUT2D eigenvalue weighted by molar-refractivity contribution is 0.279. The molecule has 0 aromatic carbocycles. The largest absolute Gasteiger partial charge is 0.348 e. The Bertz CT molecular complexity index is 171. The standard InChI is InChI=1S/C3H9O5PS/c1-6-9(7-2)8-10(3,4)5/h1-3H3. The maximum Gasteiger partial charge on any atom is 0.348 e. The van der Waals surface area contributed by atoms with E-state index >= 15 is 0 Å². The predicted octanol–water partition coefficient (Wildman–Crippen LogP) is 0.482. The average Bonchev–Trinajstić information content (AvgIpc) is 1.81. The first-order valence-electron chi connectivity index (χ1n) is 2.27. The van der Waals surface area contributed by atoms with Crippen LogP contribution in [0.25, 0.3) is 0 Å². The van der Waals surface area contributed by atoms with E-state index in [1.807, 2.05) is 0 Å². The summed E-state index contributed by atoms with van der Waals surface area (Å²) in [5.74, 6) is 0. The molecule has 7 heteroatoms. The van der Waals surface area contributed by atoms with Gasteiger partial charge >= 0.3 is 8.60 Å². The van der Waals surface area contributed by atoms with Crippen molar-refractivity contribution in [1.29, 1.82) is 0 Å². The van der Waals surface area contributed by atoms with E-state index in [1.54, 1.807) is 0 Å². The zero-order chi connectivity index (χ0) is 8.20. The SMILES string of the molecule is COP(OC)OS(C)(=O)=O. The van der Waals surface area contributed by atoms with Crippen LogP contribution in [0.15, 0.2) is 0 Å². The molecule has 0 aliphatic carbocycles. The van der Waals surface area contributed by atoms with Crippen LogP contribution in [0.3, 0.4) is 0 Å². The maximum atomic E-state index is 10.4. The molecular weight excluding hydrogens is 179 g/mol. The summed E-state index contributed by atoms with van der Waals surface area (Å²) in [7, 11) is -2.59. The van der Waals surface area contributed by atoms with E-state index in [2.05, 4.69) is 13.0 Å². The summed E-state index contributed by atoms with van der Waals surface area (Å²) in [4.78, 5) is 0. The summed E-state index contributed by atoms with van der Waals surface area (Å²) in [6, 6.07) is 0. The summed E-state index contributed by atoms with van der Waals surface area (Å²) >= 11 is 0. The van der Waals surface area contributed by atoms with Crippen molar-refractivity contribution in [2.75, 3.05) is 20.5 Å². The molecule has 0 spiro atoms. The van der Waals surface area contributed by atoms with Crippen LogP contribution in [0.1, 0.15) is 0 Å². The molecule has 10 heavy (non-hydrogen) atoms. The first kappa shape index (κ1) is 10.3. The van der Waals surface area contributed by atoms with Gasteiger partial charge in [-0.15, -0.1) is 0 Å². The van der Waals surface area contributed by atoms with Gasteiger partial charge in [0.2, 0.25) is 0 Å². The minimum absolute atomic E-state index is 0.931. The van der Waals surface area contributed by atoms with Crippen molar-refractivity contribution in [3.05, 3.63) is 0 Å². The molecule has 0 radical (unpaired) electrons. The van der Waals surface area contributed by atoms with Gasteiger partial charge in [0, 0.05) is 14.2 Å². The maximum absolute atomic E-state index is 10.4. The minimum Gasteiger partial charge on any atom is -0.315 e. The molecule has 0 amide bonds. The summed E-state index contributed by atoms with van der Waals surface area (Å²) < 4.78 is 34.1. The Morgan fingerprint density at radius 2 is 1.60 bits per heavy atom. The number of hydrogen-bond donors (Lipinski definition) is 0. The first-order chi connectivity index (χ1) is 4.49. The smallest absolute Gasteiger partial charge is 0.315 e. The van der Waals surface area contributed by atoms with Gasteiger partial charge in [-0.2, -0.15) is 12.4 Å². The Morgan fingerprint density at radius 1 is 1.20 bits per heavy atom. The van der Waals surface area contributed by atoms with Crippen LogP contribution >= 0.6 is 8.60 Å². The summed E-state index contributed by atoms with van der Waals surface area (Å²) in [5.41, 5.74) is 0. The van der Waals surface area contributed by atoms with Gasteiger partial charge in [0.25, 0.3) is 10.1 Å². The number of rotatable bonds is 4. The Kier molecular flexibility index (Phi) is 4.31. The van der Waals surface area contributed by atoms with Gasteiger partial charge in [0.1, 0.15) is 0 Å². The average molecular weight is 188 g/mol. The molecule has 0 rings (SSSR count). The highest BCUT2D eigenvalue weighted by molar-refractivity contribution is 7.89. The van der Waals surface area contributed by atoms with E-state index in [9.17, 15) is 8.42 Å². The van der Waals surface area contributed by atoms with Gasteiger partial charge in [-0.1, -0.05) is 0 Å². The molecule has 0 fully saturated rings. The zero-order valence-electron chi connectivity index (χ0n) is 5.90. The van der Waals surface area contributed by atoms with Crippen LogP contribution in [0.5, 0.6) is 0 Å². The lowest BCUT2D eigenvalue weighted by Crippen LogP contribution is -1.99. The second-order valence-corrected chi connectivity index (χ2v) is 4.55. The zero-order valence-corrected chi connectivity index (χ0v) is 7.61. The highest BCUT2D eigenvalue weighted by atomic mass is 32.2. The van der Waals surface area contributed by atoms with E-state index in [0.29, 0.717) is 0 Å². The summed E-state index contributed by atoms with van der Waals surface area (Å²) in [6.45, 7) is 0. The Morgan fingerprint density at radius 3 is 1.70 bits per heavy atom. The molecule has 0 aliphatic rings. The van der Waals surface area contributed by atoms with Crippen molar-refractivity contribution in [2.45, 2.75) is 0 Å². The monoisotopic (exact) mass is 188 g/mol. The molecule has 0 aromatic rings. The molecule has 62 valence electrons. The fourth-order valence-corrected chi connectivity index (χ4v) is 1.77. The molecule has 0 unspecified atom stereocenters. The van der Waals surface area contributed by atoms with Crippen molar-refractivity contribution in [1.82, 2.24) is 0 Å². The van der Waals surface area contributed by atoms with Crippen LogP contribution in [0.2, 0.25) is 0 Å². The van der Waals surface area contributed by atoms with Crippen LogP contribution in [-0.2, 0) is 23.1 Å². The van der Waals surface area contributed by atoms with Crippen LogP contribution in [0.4, 0.5) is 0 Å². The van der Waals surface area contributed by atoms with Crippen LogP contribution < -0.4 is 0 Å². The molecular formula is C3H9O5PS. The molecule has 0 N–H and O–H groups in total. The van der Waals surface area contributed by atoms with Gasteiger partial charge in [-0.3, -0.25) is 0 Å². The predicted molar refractivity (Wildman–Crippen MR) is 36.9 cm³/mol.